The average molecular weight is 343 g/mol. The normalized spacial score (nSPS) is 16.4. The van der Waals surface area contributed by atoms with Gasteiger partial charge >= 0.3 is 5.97 Å². The van der Waals surface area contributed by atoms with Gasteiger partial charge < -0.3 is 14.8 Å². The van der Waals surface area contributed by atoms with Crippen molar-refractivity contribution >= 4 is 23.2 Å². The lowest BCUT2D eigenvalue weighted by molar-refractivity contribution is -0.129. The molecule has 1 N–H and O–H groups in total. The van der Waals surface area contributed by atoms with Crippen LogP contribution in [0.3, 0.4) is 0 Å². The fourth-order valence-corrected chi connectivity index (χ4v) is 3.70. The second-order valence-electron chi connectivity index (χ2n) is 6.08. The molecule has 1 aromatic carbocycles. The summed E-state index contributed by atoms with van der Waals surface area (Å²) in [5.41, 5.74) is 1.96. The van der Waals surface area contributed by atoms with E-state index >= 15 is 0 Å². The van der Waals surface area contributed by atoms with E-state index in [1.807, 2.05) is 24.3 Å². The molecule has 2 heterocycles. The number of para-hydroxylation sites is 1. The number of fused-ring (bicyclic) bond motifs is 3. The lowest BCUT2D eigenvalue weighted by Crippen LogP contribution is -2.36. The van der Waals surface area contributed by atoms with Crippen molar-refractivity contribution in [1.29, 1.82) is 0 Å². The maximum absolute atomic E-state index is 12.4. The van der Waals surface area contributed by atoms with Crippen LogP contribution in [0.5, 0.6) is 5.75 Å². The Kier molecular flexibility index (Phi) is 3.76. The molecule has 1 saturated carbocycles. The molecule has 0 radical (unpaired) electrons. The molecule has 2 aromatic rings. The molecule has 0 bridgehead atoms. The number of ether oxygens (including phenoxy) is 2. The summed E-state index contributed by atoms with van der Waals surface area (Å²) in [5, 5.41) is 2.84. The molecule has 0 saturated heterocycles. The number of nitrogens with one attached hydrogen (secondary N) is 1. The van der Waals surface area contributed by atoms with Gasteiger partial charge in [0.15, 0.2) is 6.10 Å². The van der Waals surface area contributed by atoms with E-state index in [4.69, 9.17) is 9.47 Å². The minimum atomic E-state index is -0.791. The SMILES string of the molecule is C[C@H](OC(=O)c1cc2c(s1)-c1ccccc1OC2)C(=O)NC1CC1. The van der Waals surface area contributed by atoms with Gasteiger partial charge in [0.05, 0.1) is 0 Å². The number of amides is 1. The first kappa shape index (κ1) is 15.2. The van der Waals surface area contributed by atoms with Crippen molar-refractivity contribution in [2.75, 3.05) is 0 Å². The fraction of sp³-hybridized carbons (Fsp3) is 0.333. The third-order valence-electron chi connectivity index (χ3n) is 4.10. The molecule has 1 aliphatic heterocycles. The summed E-state index contributed by atoms with van der Waals surface area (Å²) in [6.45, 7) is 2.04. The third kappa shape index (κ3) is 2.89. The van der Waals surface area contributed by atoms with Gasteiger partial charge in [0.1, 0.15) is 17.2 Å². The quantitative estimate of drug-likeness (QED) is 0.866. The first-order chi connectivity index (χ1) is 11.6. The van der Waals surface area contributed by atoms with Crippen LogP contribution in [0.1, 0.15) is 35.0 Å². The summed E-state index contributed by atoms with van der Waals surface area (Å²) in [6, 6.07) is 9.81. The Bertz CT molecular complexity index is 809. The van der Waals surface area contributed by atoms with Gasteiger partial charge in [-0.1, -0.05) is 12.1 Å². The van der Waals surface area contributed by atoms with Crippen LogP contribution in [-0.2, 0) is 16.1 Å². The maximum Gasteiger partial charge on any atom is 0.349 e. The predicted octanol–water partition coefficient (Wildman–Crippen LogP) is 3.13. The summed E-state index contributed by atoms with van der Waals surface area (Å²) >= 11 is 1.38. The second kappa shape index (κ2) is 5.94. The Morgan fingerprint density at radius 3 is 2.92 bits per heavy atom. The van der Waals surface area contributed by atoms with Crippen molar-refractivity contribution in [3.8, 4) is 16.2 Å². The monoisotopic (exact) mass is 343 g/mol. The largest absolute Gasteiger partial charge is 0.488 e. The number of benzene rings is 1. The molecular formula is C18H17NO4S. The molecule has 1 fully saturated rings. The molecule has 6 heteroatoms. The van der Waals surface area contributed by atoms with Crippen molar-refractivity contribution in [3.05, 3.63) is 40.8 Å². The highest BCUT2D eigenvalue weighted by Crippen LogP contribution is 2.42. The van der Waals surface area contributed by atoms with Crippen LogP contribution < -0.4 is 10.1 Å². The Hall–Kier alpha value is -2.34. The first-order valence-electron chi connectivity index (χ1n) is 7.98. The molecule has 1 amide bonds. The highest BCUT2D eigenvalue weighted by atomic mass is 32.1. The van der Waals surface area contributed by atoms with Gasteiger partial charge in [0, 0.05) is 22.0 Å². The van der Waals surface area contributed by atoms with Gasteiger partial charge in [-0.2, -0.15) is 0 Å². The van der Waals surface area contributed by atoms with Crippen LogP contribution in [0, 0.1) is 0 Å². The van der Waals surface area contributed by atoms with Gasteiger partial charge in [-0.3, -0.25) is 4.79 Å². The number of rotatable bonds is 4. The zero-order chi connectivity index (χ0) is 16.7. The number of esters is 1. The van der Waals surface area contributed by atoms with E-state index in [9.17, 15) is 9.59 Å². The number of hydrogen-bond acceptors (Lipinski definition) is 5. The Labute approximate surface area is 143 Å². The number of carbonyl (C=O) groups is 2. The van der Waals surface area contributed by atoms with Crippen LogP contribution in [0.15, 0.2) is 30.3 Å². The molecule has 4 rings (SSSR count). The number of carbonyl (C=O) groups excluding carboxylic acids is 2. The smallest absolute Gasteiger partial charge is 0.349 e. The lowest BCUT2D eigenvalue weighted by Gasteiger charge is -2.16. The summed E-state index contributed by atoms with van der Waals surface area (Å²) in [5.74, 6) is 0.120. The van der Waals surface area contributed by atoms with Crippen LogP contribution >= 0.6 is 11.3 Å². The van der Waals surface area contributed by atoms with Crippen molar-refractivity contribution < 1.29 is 19.1 Å². The molecule has 124 valence electrons. The molecule has 2 aliphatic rings. The van der Waals surface area contributed by atoms with E-state index in [0.29, 0.717) is 11.5 Å². The third-order valence-corrected chi connectivity index (χ3v) is 5.29. The average Bonchev–Trinajstić information content (AvgIpc) is 3.28. The molecule has 1 aromatic heterocycles. The molecule has 24 heavy (non-hydrogen) atoms. The van der Waals surface area contributed by atoms with E-state index in [0.717, 1.165) is 34.6 Å². The van der Waals surface area contributed by atoms with Crippen molar-refractivity contribution in [3.63, 3.8) is 0 Å². The van der Waals surface area contributed by atoms with Crippen LogP contribution in [0.25, 0.3) is 10.4 Å². The van der Waals surface area contributed by atoms with Gasteiger partial charge in [-0.15, -0.1) is 11.3 Å². The predicted molar refractivity (Wildman–Crippen MR) is 90.1 cm³/mol. The molecule has 0 spiro atoms. The van der Waals surface area contributed by atoms with E-state index in [1.165, 1.54) is 11.3 Å². The van der Waals surface area contributed by atoms with Gasteiger partial charge in [0.2, 0.25) is 0 Å². The van der Waals surface area contributed by atoms with E-state index in [-0.39, 0.29) is 11.9 Å². The Balaban J connectivity index is 1.50. The summed E-state index contributed by atoms with van der Waals surface area (Å²) in [4.78, 5) is 25.8. The summed E-state index contributed by atoms with van der Waals surface area (Å²) in [7, 11) is 0. The van der Waals surface area contributed by atoms with Crippen LogP contribution in [-0.4, -0.2) is 24.0 Å². The van der Waals surface area contributed by atoms with E-state index in [2.05, 4.69) is 5.32 Å². The second-order valence-corrected chi connectivity index (χ2v) is 7.13. The molecule has 5 nitrogen and oxygen atoms in total. The lowest BCUT2D eigenvalue weighted by atomic mass is 10.1. The minimum Gasteiger partial charge on any atom is -0.488 e. The first-order valence-corrected chi connectivity index (χ1v) is 8.80. The summed E-state index contributed by atoms with van der Waals surface area (Å²) in [6.07, 6.45) is 1.22. The zero-order valence-corrected chi connectivity index (χ0v) is 14.0. The molecular weight excluding hydrogens is 326 g/mol. The van der Waals surface area contributed by atoms with Gasteiger partial charge in [-0.05, 0) is 38.0 Å². The highest BCUT2D eigenvalue weighted by molar-refractivity contribution is 7.17. The minimum absolute atomic E-state index is 0.235. The standard InChI is InChI=1S/C18H17NO4S/c1-10(17(20)19-12-6-7-12)23-18(21)15-8-11-9-22-14-5-3-2-4-13(14)16(11)24-15/h2-5,8,10,12H,6-7,9H2,1H3,(H,19,20)/t10-/m0/s1. The Morgan fingerprint density at radius 1 is 1.33 bits per heavy atom. The van der Waals surface area contributed by atoms with Gasteiger partial charge in [0.25, 0.3) is 5.91 Å². The molecule has 1 atom stereocenters. The number of hydrogen-bond donors (Lipinski definition) is 1. The molecule has 0 unspecified atom stereocenters. The zero-order valence-electron chi connectivity index (χ0n) is 13.2. The molecule has 1 aliphatic carbocycles. The topological polar surface area (TPSA) is 64.6 Å². The van der Waals surface area contributed by atoms with Crippen molar-refractivity contribution in [1.82, 2.24) is 5.32 Å². The number of thiophene rings is 1. The maximum atomic E-state index is 12.4. The van der Waals surface area contributed by atoms with Gasteiger partial charge in [-0.25, -0.2) is 4.79 Å². The van der Waals surface area contributed by atoms with E-state index < -0.39 is 12.1 Å². The van der Waals surface area contributed by atoms with E-state index in [1.54, 1.807) is 13.0 Å². The Morgan fingerprint density at radius 2 is 2.12 bits per heavy atom. The fourth-order valence-electron chi connectivity index (χ4n) is 2.62. The van der Waals surface area contributed by atoms with Crippen molar-refractivity contribution in [2.24, 2.45) is 0 Å². The van der Waals surface area contributed by atoms with Crippen LogP contribution in [0.4, 0.5) is 0 Å². The van der Waals surface area contributed by atoms with Crippen LogP contribution in [0.2, 0.25) is 0 Å². The summed E-state index contributed by atoms with van der Waals surface area (Å²) < 4.78 is 11.0. The highest BCUT2D eigenvalue weighted by Gasteiger charge is 2.28. The van der Waals surface area contributed by atoms with Crippen molar-refractivity contribution in [2.45, 2.75) is 38.5 Å².